The molecule has 3 rings (SSSR count). The summed E-state index contributed by atoms with van der Waals surface area (Å²) in [6.45, 7) is 7.79. The van der Waals surface area contributed by atoms with Crippen molar-refractivity contribution in [3.63, 3.8) is 0 Å². The molecule has 3 aromatic rings. The van der Waals surface area contributed by atoms with Crippen molar-refractivity contribution in [2.45, 2.75) is 52.1 Å². The van der Waals surface area contributed by atoms with Crippen LogP contribution < -0.4 is 16.4 Å². The van der Waals surface area contributed by atoms with Crippen molar-refractivity contribution < 1.29 is 14.0 Å². The molecule has 0 fully saturated rings. The number of allylic oxidation sites excluding steroid dienone is 1. The molecule has 5 N–H and O–H groups in total. The van der Waals surface area contributed by atoms with Gasteiger partial charge in [0.1, 0.15) is 0 Å². The maximum absolute atomic E-state index is 12.7. The summed E-state index contributed by atoms with van der Waals surface area (Å²) in [7, 11) is 0. The molecule has 1 heterocycles. The van der Waals surface area contributed by atoms with Gasteiger partial charge in [-0.1, -0.05) is 56.3 Å². The first-order valence-corrected chi connectivity index (χ1v) is 12.0. The Bertz CT molecular complexity index is 1260. The Morgan fingerprint density at radius 3 is 2.47 bits per heavy atom. The zero-order valence-electron chi connectivity index (χ0n) is 21.1. The highest BCUT2D eigenvalue weighted by Crippen LogP contribution is 2.22. The predicted molar refractivity (Wildman–Crippen MR) is 140 cm³/mol. The second-order valence-corrected chi connectivity index (χ2v) is 9.06. The third kappa shape index (κ3) is 6.47. The SMILES string of the molecule is CCC(CC)NC(=O)c1cnc(-c2cccc(C(=N)C=C(N)C(=O)NC(C)(C)c3ccccc3)c2)o1. The minimum absolute atomic E-state index is 0.0558. The number of nitrogens with one attached hydrogen (secondary N) is 3. The van der Waals surface area contributed by atoms with Crippen LogP contribution in [0.4, 0.5) is 0 Å². The van der Waals surface area contributed by atoms with Crippen molar-refractivity contribution in [1.29, 1.82) is 5.41 Å². The number of aromatic nitrogens is 1. The first-order chi connectivity index (χ1) is 17.1. The number of benzene rings is 2. The van der Waals surface area contributed by atoms with E-state index in [1.807, 2.05) is 58.0 Å². The van der Waals surface area contributed by atoms with Crippen LogP contribution >= 0.6 is 0 Å². The zero-order chi connectivity index (χ0) is 26.3. The molecule has 0 saturated carbocycles. The molecule has 36 heavy (non-hydrogen) atoms. The highest BCUT2D eigenvalue weighted by atomic mass is 16.4. The van der Waals surface area contributed by atoms with Crippen molar-refractivity contribution >= 4 is 17.5 Å². The summed E-state index contributed by atoms with van der Waals surface area (Å²) in [6.07, 6.45) is 4.36. The molecule has 0 radical (unpaired) electrons. The molecule has 0 aliphatic carbocycles. The minimum Gasteiger partial charge on any atom is -0.431 e. The van der Waals surface area contributed by atoms with E-state index in [-0.39, 0.29) is 35.0 Å². The van der Waals surface area contributed by atoms with E-state index in [1.165, 1.54) is 12.3 Å². The Kier molecular flexibility index (Phi) is 8.42. The first-order valence-electron chi connectivity index (χ1n) is 12.0. The quantitative estimate of drug-likeness (QED) is 0.246. The molecule has 0 unspecified atom stereocenters. The predicted octanol–water partition coefficient (Wildman–Crippen LogP) is 4.52. The molecule has 0 aliphatic rings. The second kappa shape index (κ2) is 11.5. The van der Waals surface area contributed by atoms with E-state index in [0.717, 1.165) is 18.4 Å². The topological polar surface area (TPSA) is 134 Å². The Labute approximate surface area is 211 Å². The third-order valence-electron chi connectivity index (χ3n) is 5.95. The van der Waals surface area contributed by atoms with Crippen LogP contribution in [0.15, 0.2) is 77.0 Å². The lowest BCUT2D eigenvalue weighted by molar-refractivity contribution is -0.119. The van der Waals surface area contributed by atoms with Crippen LogP contribution in [0.25, 0.3) is 11.5 Å². The maximum Gasteiger partial charge on any atom is 0.288 e. The van der Waals surface area contributed by atoms with Crippen LogP contribution in [-0.2, 0) is 10.3 Å². The number of oxazole rings is 1. The van der Waals surface area contributed by atoms with Gasteiger partial charge in [0.25, 0.3) is 11.8 Å². The molecule has 0 atom stereocenters. The number of amides is 2. The van der Waals surface area contributed by atoms with Gasteiger partial charge >= 0.3 is 0 Å². The number of nitrogens with two attached hydrogens (primary N) is 1. The fourth-order valence-electron chi connectivity index (χ4n) is 3.67. The first kappa shape index (κ1) is 26.4. The Balaban J connectivity index is 1.72. The number of nitrogens with zero attached hydrogens (tertiary/aromatic N) is 1. The monoisotopic (exact) mass is 487 g/mol. The fourth-order valence-corrected chi connectivity index (χ4v) is 3.67. The Morgan fingerprint density at radius 2 is 1.81 bits per heavy atom. The van der Waals surface area contributed by atoms with Gasteiger partial charge in [-0.15, -0.1) is 0 Å². The van der Waals surface area contributed by atoms with E-state index in [0.29, 0.717) is 11.1 Å². The fraction of sp³-hybridized carbons (Fsp3) is 0.286. The van der Waals surface area contributed by atoms with Gasteiger partial charge in [0, 0.05) is 17.2 Å². The summed E-state index contributed by atoms with van der Waals surface area (Å²) in [6, 6.07) is 16.6. The number of rotatable bonds is 10. The van der Waals surface area contributed by atoms with E-state index in [1.54, 1.807) is 24.3 Å². The molecule has 188 valence electrons. The van der Waals surface area contributed by atoms with Gasteiger partial charge in [0.2, 0.25) is 11.7 Å². The lowest BCUT2D eigenvalue weighted by Crippen LogP contribution is -2.43. The standard InChI is InChI=1S/C28H33N5O3/c1-5-21(6-2)32-26(35)24-17-31-27(36-24)19-12-10-11-18(15-19)22(29)16-23(30)25(34)33-28(3,4)20-13-8-7-9-14-20/h7-17,21,29H,5-6,30H2,1-4H3,(H,32,35)(H,33,34). The lowest BCUT2D eigenvalue weighted by Gasteiger charge is -2.27. The molecule has 2 aromatic carbocycles. The van der Waals surface area contributed by atoms with Gasteiger partial charge in [0.15, 0.2) is 0 Å². The lowest BCUT2D eigenvalue weighted by atomic mass is 9.94. The third-order valence-corrected chi connectivity index (χ3v) is 5.95. The van der Waals surface area contributed by atoms with Crippen LogP contribution in [0.1, 0.15) is 62.2 Å². The minimum atomic E-state index is -0.637. The average Bonchev–Trinajstić information content (AvgIpc) is 3.38. The van der Waals surface area contributed by atoms with Crippen LogP contribution in [0.5, 0.6) is 0 Å². The van der Waals surface area contributed by atoms with Gasteiger partial charge in [0.05, 0.1) is 23.1 Å². The molecule has 0 spiro atoms. The van der Waals surface area contributed by atoms with Gasteiger partial charge in [-0.2, -0.15) is 0 Å². The number of carbonyl (C=O) groups is 2. The molecular formula is C28H33N5O3. The van der Waals surface area contributed by atoms with Crippen molar-refractivity contribution in [2.24, 2.45) is 5.73 Å². The van der Waals surface area contributed by atoms with E-state index in [2.05, 4.69) is 15.6 Å². The molecule has 2 amide bonds. The number of carbonyl (C=O) groups excluding carboxylic acids is 2. The highest BCUT2D eigenvalue weighted by molar-refractivity contribution is 6.11. The summed E-state index contributed by atoms with van der Waals surface area (Å²) >= 11 is 0. The van der Waals surface area contributed by atoms with E-state index in [9.17, 15) is 9.59 Å². The van der Waals surface area contributed by atoms with Crippen LogP contribution in [0.2, 0.25) is 0 Å². The van der Waals surface area contributed by atoms with Crippen LogP contribution in [0, 0.1) is 5.41 Å². The van der Waals surface area contributed by atoms with E-state index >= 15 is 0 Å². The Hall–Kier alpha value is -4.20. The number of hydrogen-bond acceptors (Lipinski definition) is 6. The van der Waals surface area contributed by atoms with Crippen molar-refractivity contribution in [2.75, 3.05) is 0 Å². The second-order valence-electron chi connectivity index (χ2n) is 9.06. The smallest absolute Gasteiger partial charge is 0.288 e. The summed E-state index contributed by atoms with van der Waals surface area (Å²) in [5.74, 6) is -0.394. The van der Waals surface area contributed by atoms with Gasteiger partial charge < -0.3 is 26.2 Å². The molecule has 0 saturated heterocycles. The normalized spacial score (nSPS) is 11.9. The van der Waals surface area contributed by atoms with E-state index < -0.39 is 11.4 Å². The van der Waals surface area contributed by atoms with Crippen LogP contribution in [-0.4, -0.2) is 28.6 Å². The summed E-state index contributed by atoms with van der Waals surface area (Å²) in [5.41, 5.74) is 7.42. The van der Waals surface area contributed by atoms with Gasteiger partial charge in [-0.05, 0) is 50.5 Å². The molecule has 8 heteroatoms. The van der Waals surface area contributed by atoms with Crippen molar-refractivity contribution in [1.82, 2.24) is 15.6 Å². The van der Waals surface area contributed by atoms with Gasteiger partial charge in [-0.3, -0.25) is 9.59 Å². The van der Waals surface area contributed by atoms with Gasteiger partial charge in [-0.25, -0.2) is 4.98 Å². The largest absolute Gasteiger partial charge is 0.431 e. The van der Waals surface area contributed by atoms with Crippen molar-refractivity contribution in [3.8, 4) is 11.5 Å². The summed E-state index contributed by atoms with van der Waals surface area (Å²) < 4.78 is 5.67. The highest BCUT2D eigenvalue weighted by Gasteiger charge is 2.23. The number of hydrogen-bond donors (Lipinski definition) is 4. The maximum atomic E-state index is 12.7. The molecule has 1 aromatic heterocycles. The van der Waals surface area contributed by atoms with Crippen LogP contribution in [0.3, 0.4) is 0 Å². The summed E-state index contributed by atoms with van der Waals surface area (Å²) in [4.78, 5) is 29.4. The Morgan fingerprint density at radius 1 is 1.11 bits per heavy atom. The molecule has 0 bridgehead atoms. The molecule has 0 aliphatic heterocycles. The zero-order valence-corrected chi connectivity index (χ0v) is 21.1. The molecular weight excluding hydrogens is 454 g/mol. The molecule has 8 nitrogen and oxygen atoms in total. The van der Waals surface area contributed by atoms with E-state index in [4.69, 9.17) is 15.6 Å². The summed E-state index contributed by atoms with van der Waals surface area (Å²) in [5, 5.41) is 14.3. The van der Waals surface area contributed by atoms with Crippen molar-refractivity contribution in [3.05, 3.63) is 89.5 Å². The average molecular weight is 488 g/mol.